The van der Waals surface area contributed by atoms with E-state index < -0.39 is 0 Å². The number of esters is 1. The number of carbonyl (C=O) groups excluding carboxylic acids is 1. The molecule has 0 aliphatic rings. The van der Waals surface area contributed by atoms with E-state index in [-0.39, 0.29) is 5.97 Å². The zero-order valence-corrected chi connectivity index (χ0v) is 13.3. The van der Waals surface area contributed by atoms with Crippen molar-refractivity contribution in [3.63, 3.8) is 0 Å². The summed E-state index contributed by atoms with van der Waals surface area (Å²) in [5.41, 5.74) is 3.50. The molecule has 0 unspecified atom stereocenters. The minimum atomic E-state index is -0.312. The summed E-state index contributed by atoms with van der Waals surface area (Å²) in [6.45, 7) is 4.28. The highest BCUT2D eigenvalue weighted by Crippen LogP contribution is 2.15. The van der Waals surface area contributed by atoms with E-state index >= 15 is 0 Å². The Kier molecular flexibility index (Phi) is 4.06. The molecule has 0 atom stereocenters. The first kappa shape index (κ1) is 14.5. The zero-order valence-electron chi connectivity index (χ0n) is 12.4. The Morgan fingerprint density at radius 2 is 2.00 bits per heavy atom. The minimum absolute atomic E-state index is 0.312. The predicted molar refractivity (Wildman–Crippen MR) is 86.5 cm³/mol. The molecular weight excluding hydrogens is 296 g/mol. The normalized spacial score (nSPS) is 10.6. The molecule has 0 saturated heterocycles. The summed E-state index contributed by atoms with van der Waals surface area (Å²) in [7, 11) is 0. The second-order valence-electron chi connectivity index (χ2n) is 5.04. The van der Waals surface area contributed by atoms with Gasteiger partial charge >= 0.3 is 5.97 Å². The predicted octanol–water partition coefficient (Wildman–Crippen LogP) is 3.91. The van der Waals surface area contributed by atoms with Crippen molar-refractivity contribution in [1.82, 2.24) is 9.78 Å². The molecule has 5 heteroatoms. The number of hydrogen-bond donors (Lipinski definition) is 0. The molecule has 0 amide bonds. The number of aryl methyl sites for hydroxylation is 2. The van der Waals surface area contributed by atoms with Crippen LogP contribution in [0.5, 0.6) is 0 Å². The van der Waals surface area contributed by atoms with Crippen molar-refractivity contribution in [2.24, 2.45) is 0 Å². The van der Waals surface area contributed by atoms with E-state index in [0.717, 1.165) is 22.0 Å². The fourth-order valence-electron chi connectivity index (χ4n) is 2.24. The molecule has 0 aliphatic heterocycles. The molecular formula is C17H16N2O2S. The second-order valence-corrected chi connectivity index (χ2v) is 6.07. The van der Waals surface area contributed by atoms with Crippen LogP contribution in [0.25, 0.3) is 5.69 Å². The van der Waals surface area contributed by atoms with Gasteiger partial charge in [0.25, 0.3) is 0 Å². The Morgan fingerprint density at radius 1 is 1.23 bits per heavy atom. The molecule has 4 nitrogen and oxygen atoms in total. The molecule has 0 N–H and O–H groups in total. The number of carbonyl (C=O) groups is 1. The first-order valence-corrected chi connectivity index (χ1v) is 7.84. The van der Waals surface area contributed by atoms with Crippen LogP contribution in [0.1, 0.15) is 26.6 Å². The fourth-order valence-corrected chi connectivity index (χ4v) is 2.86. The molecule has 0 bridgehead atoms. The Hall–Kier alpha value is -2.40. The number of ether oxygens (including phenoxy) is 1. The fraction of sp³-hybridized carbons (Fsp3) is 0.176. The number of hydrogen-bond acceptors (Lipinski definition) is 4. The van der Waals surface area contributed by atoms with Gasteiger partial charge in [0.15, 0.2) is 0 Å². The SMILES string of the molecule is Cc1cc(C)n(-c2ccc(C(=O)OCc3cccs3)cc2)n1. The van der Waals surface area contributed by atoms with Gasteiger partial charge < -0.3 is 4.74 Å². The lowest BCUT2D eigenvalue weighted by Crippen LogP contribution is -2.05. The van der Waals surface area contributed by atoms with Crippen LogP contribution >= 0.6 is 11.3 Å². The average molecular weight is 312 g/mol. The highest BCUT2D eigenvalue weighted by molar-refractivity contribution is 7.09. The monoisotopic (exact) mass is 312 g/mol. The van der Waals surface area contributed by atoms with Gasteiger partial charge in [0, 0.05) is 10.6 Å². The number of nitrogens with zero attached hydrogens (tertiary/aromatic N) is 2. The van der Waals surface area contributed by atoms with Crippen LogP contribution in [-0.2, 0) is 11.3 Å². The maximum atomic E-state index is 12.0. The Labute approximate surface area is 133 Å². The summed E-state index contributed by atoms with van der Waals surface area (Å²) in [6, 6.07) is 13.2. The maximum Gasteiger partial charge on any atom is 0.338 e. The lowest BCUT2D eigenvalue weighted by atomic mass is 10.2. The molecule has 0 radical (unpaired) electrons. The molecule has 2 aromatic heterocycles. The molecule has 0 saturated carbocycles. The molecule has 0 aliphatic carbocycles. The van der Waals surface area contributed by atoms with Gasteiger partial charge in [0.1, 0.15) is 6.61 Å². The van der Waals surface area contributed by atoms with Crippen LogP contribution in [-0.4, -0.2) is 15.7 Å². The smallest absolute Gasteiger partial charge is 0.338 e. The van der Waals surface area contributed by atoms with Crippen LogP contribution in [0.15, 0.2) is 47.8 Å². The third kappa shape index (κ3) is 3.09. The summed E-state index contributed by atoms with van der Waals surface area (Å²) < 4.78 is 7.15. The molecule has 0 fully saturated rings. The molecule has 1 aromatic carbocycles. The topological polar surface area (TPSA) is 44.1 Å². The summed E-state index contributed by atoms with van der Waals surface area (Å²) in [4.78, 5) is 13.1. The number of thiophene rings is 1. The van der Waals surface area contributed by atoms with Crippen LogP contribution < -0.4 is 0 Å². The van der Waals surface area contributed by atoms with Gasteiger partial charge in [0.05, 0.1) is 16.9 Å². The lowest BCUT2D eigenvalue weighted by Gasteiger charge is -2.06. The third-order valence-electron chi connectivity index (χ3n) is 3.28. The van der Waals surface area contributed by atoms with Gasteiger partial charge in [-0.2, -0.15) is 5.10 Å². The number of rotatable bonds is 4. The van der Waals surface area contributed by atoms with E-state index in [1.54, 1.807) is 23.5 Å². The maximum absolute atomic E-state index is 12.0. The van der Waals surface area contributed by atoms with E-state index in [1.165, 1.54) is 0 Å². The molecule has 3 aromatic rings. The summed E-state index contributed by atoms with van der Waals surface area (Å²) >= 11 is 1.57. The first-order valence-electron chi connectivity index (χ1n) is 6.97. The Morgan fingerprint density at radius 3 is 2.59 bits per heavy atom. The standard InChI is InChI=1S/C17H16N2O2S/c1-12-10-13(2)19(18-12)15-7-5-14(6-8-15)17(20)21-11-16-4-3-9-22-16/h3-10H,11H2,1-2H3. The van der Waals surface area contributed by atoms with Gasteiger partial charge in [-0.1, -0.05) is 6.07 Å². The molecule has 112 valence electrons. The van der Waals surface area contributed by atoms with E-state index in [4.69, 9.17) is 4.74 Å². The highest BCUT2D eigenvalue weighted by atomic mass is 32.1. The summed E-state index contributed by atoms with van der Waals surface area (Å²) in [5, 5.41) is 6.39. The Balaban J connectivity index is 1.71. The zero-order chi connectivity index (χ0) is 15.5. The largest absolute Gasteiger partial charge is 0.456 e. The molecule has 3 rings (SSSR count). The summed E-state index contributed by atoms with van der Waals surface area (Å²) in [6.07, 6.45) is 0. The van der Waals surface area contributed by atoms with E-state index in [1.807, 2.05) is 54.2 Å². The van der Waals surface area contributed by atoms with Crippen molar-refractivity contribution in [2.45, 2.75) is 20.5 Å². The van der Waals surface area contributed by atoms with E-state index in [2.05, 4.69) is 5.10 Å². The van der Waals surface area contributed by atoms with E-state index in [0.29, 0.717) is 12.2 Å². The highest BCUT2D eigenvalue weighted by Gasteiger charge is 2.09. The van der Waals surface area contributed by atoms with Crippen molar-refractivity contribution in [1.29, 1.82) is 0 Å². The minimum Gasteiger partial charge on any atom is -0.456 e. The van der Waals surface area contributed by atoms with Gasteiger partial charge in [-0.15, -0.1) is 11.3 Å². The number of aromatic nitrogens is 2. The van der Waals surface area contributed by atoms with Crippen LogP contribution in [0.4, 0.5) is 0 Å². The Bertz CT molecular complexity index is 774. The van der Waals surface area contributed by atoms with E-state index in [9.17, 15) is 4.79 Å². The van der Waals surface area contributed by atoms with Crippen molar-refractivity contribution < 1.29 is 9.53 Å². The van der Waals surface area contributed by atoms with Crippen LogP contribution in [0.2, 0.25) is 0 Å². The second kappa shape index (κ2) is 6.15. The third-order valence-corrected chi connectivity index (χ3v) is 4.13. The van der Waals surface area contributed by atoms with Gasteiger partial charge in [-0.25, -0.2) is 9.48 Å². The van der Waals surface area contributed by atoms with Crippen molar-refractivity contribution in [2.75, 3.05) is 0 Å². The van der Waals surface area contributed by atoms with Crippen molar-refractivity contribution in [3.8, 4) is 5.69 Å². The average Bonchev–Trinajstić information content (AvgIpc) is 3.14. The number of benzene rings is 1. The summed E-state index contributed by atoms with van der Waals surface area (Å²) in [5.74, 6) is -0.312. The molecule has 22 heavy (non-hydrogen) atoms. The van der Waals surface area contributed by atoms with Crippen LogP contribution in [0, 0.1) is 13.8 Å². The van der Waals surface area contributed by atoms with Crippen molar-refractivity contribution in [3.05, 3.63) is 69.7 Å². The van der Waals surface area contributed by atoms with Crippen molar-refractivity contribution >= 4 is 17.3 Å². The first-order chi connectivity index (χ1) is 10.6. The quantitative estimate of drug-likeness (QED) is 0.686. The molecule has 2 heterocycles. The van der Waals surface area contributed by atoms with Gasteiger partial charge in [0.2, 0.25) is 0 Å². The lowest BCUT2D eigenvalue weighted by molar-refractivity contribution is 0.0477. The molecule has 0 spiro atoms. The van der Waals surface area contributed by atoms with Gasteiger partial charge in [-0.3, -0.25) is 0 Å². The van der Waals surface area contributed by atoms with Gasteiger partial charge in [-0.05, 0) is 55.6 Å². The van der Waals surface area contributed by atoms with Crippen LogP contribution in [0.3, 0.4) is 0 Å².